The highest BCUT2D eigenvalue weighted by Gasteiger charge is 2.17. The van der Waals surface area contributed by atoms with Gasteiger partial charge in [0, 0.05) is 52.8 Å². The Kier molecular flexibility index (Phi) is 5.86. The summed E-state index contributed by atoms with van der Waals surface area (Å²) in [5.41, 5.74) is 2.25. The van der Waals surface area contributed by atoms with Gasteiger partial charge in [-0.3, -0.25) is 4.21 Å². The van der Waals surface area contributed by atoms with Crippen LogP contribution in [0.2, 0.25) is 0 Å². The Hall–Kier alpha value is -1.07. The van der Waals surface area contributed by atoms with Gasteiger partial charge in [-0.2, -0.15) is 0 Å². The number of rotatable bonds is 6. The molecule has 1 saturated heterocycles. The van der Waals surface area contributed by atoms with Crippen molar-refractivity contribution in [2.45, 2.75) is 25.8 Å². The molecule has 1 aliphatic heterocycles. The SMILES string of the molecule is CCN(CCO)c1ccc(NC2CCS(=O)CC2)cc1. The average Bonchev–Trinajstić information content (AvgIpc) is 2.48. The van der Waals surface area contributed by atoms with Crippen LogP contribution >= 0.6 is 0 Å². The maximum atomic E-state index is 11.3. The van der Waals surface area contributed by atoms with E-state index in [-0.39, 0.29) is 6.61 Å². The van der Waals surface area contributed by atoms with Crippen LogP contribution in [0.25, 0.3) is 0 Å². The molecule has 1 aromatic carbocycles. The van der Waals surface area contributed by atoms with Crippen molar-refractivity contribution >= 4 is 22.2 Å². The van der Waals surface area contributed by atoms with E-state index >= 15 is 0 Å². The van der Waals surface area contributed by atoms with E-state index < -0.39 is 10.8 Å². The topological polar surface area (TPSA) is 52.6 Å². The minimum absolute atomic E-state index is 0.174. The fraction of sp³-hybridized carbons (Fsp3) is 0.600. The molecule has 1 aromatic rings. The van der Waals surface area contributed by atoms with Crippen molar-refractivity contribution < 1.29 is 9.32 Å². The van der Waals surface area contributed by atoms with Crippen LogP contribution in [0.4, 0.5) is 11.4 Å². The van der Waals surface area contributed by atoms with Gasteiger partial charge in [-0.05, 0) is 44.0 Å². The molecule has 0 bridgehead atoms. The molecule has 5 heteroatoms. The molecule has 0 radical (unpaired) electrons. The molecule has 0 saturated carbocycles. The number of likely N-dealkylation sites (N-methyl/N-ethyl adjacent to an activating group) is 1. The molecular formula is C15H24N2O2S. The van der Waals surface area contributed by atoms with Crippen molar-refractivity contribution in [3.05, 3.63) is 24.3 Å². The largest absolute Gasteiger partial charge is 0.395 e. The number of nitrogens with one attached hydrogen (secondary N) is 1. The van der Waals surface area contributed by atoms with Crippen LogP contribution in [0.5, 0.6) is 0 Å². The Labute approximate surface area is 123 Å². The van der Waals surface area contributed by atoms with E-state index in [9.17, 15) is 4.21 Å². The molecule has 112 valence electrons. The van der Waals surface area contributed by atoms with Gasteiger partial charge in [-0.1, -0.05) is 0 Å². The molecule has 0 spiro atoms. The lowest BCUT2D eigenvalue weighted by atomic mass is 10.1. The lowest BCUT2D eigenvalue weighted by molar-refractivity contribution is 0.302. The molecule has 0 unspecified atom stereocenters. The first kappa shape index (κ1) is 15.3. The normalized spacial score (nSPS) is 22.5. The molecule has 2 N–H and O–H groups in total. The number of benzene rings is 1. The minimum atomic E-state index is -0.603. The third-order valence-electron chi connectivity index (χ3n) is 3.74. The fourth-order valence-corrected chi connectivity index (χ4v) is 3.83. The molecule has 0 aliphatic carbocycles. The van der Waals surface area contributed by atoms with Crippen molar-refractivity contribution in [3.63, 3.8) is 0 Å². The quantitative estimate of drug-likeness (QED) is 0.841. The smallest absolute Gasteiger partial charge is 0.0606 e. The molecule has 0 atom stereocenters. The number of aliphatic hydroxyl groups excluding tert-OH is 1. The number of hydrogen-bond donors (Lipinski definition) is 2. The summed E-state index contributed by atoms with van der Waals surface area (Å²) in [5, 5.41) is 12.6. The Morgan fingerprint density at radius 1 is 1.30 bits per heavy atom. The Bertz CT molecular complexity index is 426. The van der Waals surface area contributed by atoms with Gasteiger partial charge < -0.3 is 15.3 Å². The Morgan fingerprint density at radius 2 is 1.95 bits per heavy atom. The summed E-state index contributed by atoms with van der Waals surface area (Å²) in [7, 11) is -0.603. The van der Waals surface area contributed by atoms with Gasteiger partial charge in [-0.25, -0.2) is 0 Å². The van der Waals surface area contributed by atoms with Crippen molar-refractivity contribution in [3.8, 4) is 0 Å². The van der Waals surface area contributed by atoms with Crippen molar-refractivity contribution in [2.75, 3.05) is 41.4 Å². The lowest BCUT2D eigenvalue weighted by Gasteiger charge is -2.25. The van der Waals surface area contributed by atoms with Crippen LogP contribution in [-0.4, -0.2) is 46.6 Å². The molecule has 0 amide bonds. The molecule has 4 nitrogen and oxygen atoms in total. The molecule has 1 fully saturated rings. The monoisotopic (exact) mass is 296 g/mol. The van der Waals surface area contributed by atoms with Gasteiger partial charge in [0.15, 0.2) is 0 Å². The fourth-order valence-electron chi connectivity index (χ4n) is 2.53. The Balaban J connectivity index is 1.92. The number of anilines is 2. The van der Waals surface area contributed by atoms with E-state index in [1.807, 2.05) is 0 Å². The maximum Gasteiger partial charge on any atom is 0.0606 e. The van der Waals surface area contributed by atoms with Gasteiger partial charge in [0.25, 0.3) is 0 Å². The Morgan fingerprint density at radius 3 is 2.50 bits per heavy atom. The summed E-state index contributed by atoms with van der Waals surface area (Å²) < 4.78 is 11.3. The number of nitrogens with zero attached hydrogens (tertiary/aromatic N) is 1. The van der Waals surface area contributed by atoms with Crippen LogP contribution in [0.3, 0.4) is 0 Å². The first-order valence-electron chi connectivity index (χ1n) is 7.30. The maximum absolute atomic E-state index is 11.3. The van der Waals surface area contributed by atoms with Crippen LogP contribution in [0, 0.1) is 0 Å². The predicted molar refractivity (Wildman–Crippen MR) is 85.9 cm³/mol. The third kappa shape index (κ3) is 4.21. The van der Waals surface area contributed by atoms with E-state index in [4.69, 9.17) is 5.11 Å². The standard InChI is InChI=1S/C15H24N2O2S/c1-2-17(9-10-18)15-5-3-13(4-6-15)16-14-7-11-20(19)12-8-14/h3-6,14,16,18H,2,7-12H2,1H3. The van der Waals surface area contributed by atoms with Crippen molar-refractivity contribution in [1.82, 2.24) is 0 Å². The van der Waals surface area contributed by atoms with Crippen molar-refractivity contribution in [2.24, 2.45) is 0 Å². The first-order chi connectivity index (χ1) is 9.72. The highest BCUT2D eigenvalue weighted by Crippen LogP contribution is 2.20. The second-order valence-corrected chi connectivity index (χ2v) is 6.81. The zero-order valence-corrected chi connectivity index (χ0v) is 12.9. The predicted octanol–water partition coefficient (Wildman–Crippen LogP) is 1.83. The summed E-state index contributed by atoms with van der Waals surface area (Å²) in [6.07, 6.45) is 1.97. The molecule has 1 aliphatic rings. The van der Waals surface area contributed by atoms with E-state index in [2.05, 4.69) is 41.4 Å². The van der Waals surface area contributed by atoms with Crippen LogP contribution in [0.1, 0.15) is 19.8 Å². The van der Waals surface area contributed by atoms with E-state index in [1.165, 1.54) is 0 Å². The highest BCUT2D eigenvalue weighted by atomic mass is 32.2. The van der Waals surface area contributed by atoms with Gasteiger partial charge in [0.05, 0.1) is 6.61 Å². The summed E-state index contributed by atoms with van der Waals surface area (Å²) >= 11 is 0. The molecule has 2 rings (SSSR count). The van der Waals surface area contributed by atoms with Crippen molar-refractivity contribution in [1.29, 1.82) is 0 Å². The first-order valence-corrected chi connectivity index (χ1v) is 8.79. The number of aliphatic hydroxyl groups is 1. The molecule has 1 heterocycles. The second kappa shape index (κ2) is 7.64. The lowest BCUT2D eigenvalue weighted by Crippen LogP contribution is -2.29. The second-order valence-electron chi connectivity index (χ2n) is 5.12. The zero-order chi connectivity index (χ0) is 14.4. The highest BCUT2D eigenvalue weighted by molar-refractivity contribution is 7.85. The van der Waals surface area contributed by atoms with Gasteiger partial charge in [0.1, 0.15) is 0 Å². The summed E-state index contributed by atoms with van der Waals surface area (Å²) in [5.74, 6) is 1.63. The van der Waals surface area contributed by atoms with E-state index in [0.717, 1.165) is 42.3 Å². The van der Waals surface area contributed by atoms with Crippen LogP contribution < -0.4 is 10.2 Å². The summed E-state index contributed by atoms with van der Waals surface area (Å²) in [6, 6.07) is 8.78. The molecular weight excluding hydrogens is 272 g/mol. The number of hydrogen-bond acceptors (Lipinski definition) is 4. The molecule has 20 heavy (non-hydrogen) atoms. The van der Waals surface area contributed by atoms with Gasteiger partial charge >= 0.3 is 0 Å². The molecule has 0 aromatic heterocycles. The summed E-state index contributed by atoms with van der Waals surface area (Å²) in [6.45, 7) is 3.82. The third-order valence-corrected chi connectivity index (χ3v) is 5.12. The average molecular weight is 296 g/mol. The minimum Gasteiger partial charge on any atom is -0.395 e. The van der Waals surface area contributed by atoms with Gasteiger partial charge in [0.2, 0.25) is 0 Å². The summed E-state index contributed by atoms with van der Waals surface area (Å²) in [4.78, 5) is 2.15. The zero-order valence-electron chi connectivity index (χ0n) is 12.0. The van der Waals surface area contributed by atoms with Gasteiger partial charge in [-0.15, -0.1) is 0 Å². The van der Waals surface area contributed by atoms with Crippen LogP contribution in [-0.2, 0) is 10.8 Å². The van der Waals surface area contributed by atoms with E-state index in [0.29, 0.717) is 12.6 Å². The van der Waals surface area contributed by atoms with E-state index in [1.54, 1.807) is 0 Å². The van der Waals surface area contributed by atoms with Crippen LogP contribution in [0.15, 0.2) is 24.3 Å².